The van der Waals surface area contributed by atoms with E-state index in [9.17, 15) is 10.1 Å². The molecule has 0 radical (unpaired) electrons. The second-order valence-electron chi connectivity index (χ2n) is 4.56. The highest BCUT2D eigenvalue weighted by atomic mass is 79.9. The number of nitro groups is 1. The Kier molecular flexibility index (Phi) is 4.76. The van der Waals surface area contributed by atoms with Crippen LogP contribution in [0.5, 0.6) is 0 Å². The van der Waals surface area contributed by atoms with Crippen LogP contribution >= 0.6 is 15.9 Å². The molecule has 104 valence electrons. The fraction of sp³-hybridized carbons (Fsp3) is 0.538. The van der Waals surface area contributed by atoms with Crippen molar-refractivity contribution < 1.29 is 9.66 Å². The van der Waals surface area contributed by atoms with Crippen molar-refractivity contribution in [3.05, 3.63) is 33.9 Å². The van der Waals surface area contributed by atoms with Crippen LogP contribution in [-0.2, 0) is 10.1 Å². The number of benzene rings is 1. The number of nitro benzene ring substituents is 1. The van der Waals surface area contributed by atoms with Crippen molar-refractivity contribution in [2.45, 2.75) is 24.8 Å². The average Bonchev–Trinajstić information content (AvgIpc) is 2.46. The number of halogens is 1. The molecule has 0 bridgehead atoms. The summed E-state index contributed by atoms with van der Waals surface area (Å²) < 4.78 is 5.61. The molecule has 1 aromatic carbocycles. The fourth-order valence-corrected chi connectivity index (χ4v) is 2.60. The van der Waals surface area contributed by atoms with E-state index in [2.05, 4.69) is 22.9 Å². The first kappa shape index (κ1) is 14.3. The monoisotopic (exact) mass is 328 g/mol. The van der Waals surface area contributed by atoms with Gasteiger partial charge in [0, 0.05) is 24.5 Å². The Balaban J connectivity index is 2.30. The zero-order chi connectivity index (χ0) is 13.8. The van der Waals surface area contributed by atoms with E-state index in [0.29, 0.717) is 30.7 Å². The summed E-state index contributed by atoms with van der Waals surface area (Å²) in [5, 5.41) is 11.8. The molecule has 1 aliphatic rings. The predicted molar refractivity (Wildman–Crippen MR) is 78.0 cm³/mol. The van der Waals surface area contributed by atoms with Crippen LogP contribution in [0, 0.1) is 10.1 Å². The van der Waals surface area contributed by atoms with Gasteiger partial charge in [0.25, 0.3) is 5.69 Å². The molecule has 2 rings (SSSR count). The first-order chi connectivity index (χ1) is 9.15. The van der Waals surface area contributed by atoms with Gasteiger partial charge in [-0.3, -0.25) is 10.1 Å². The average molecular weight is 329 g/mol. The Hall–Kier alpha value is -1.14. The van der Waals surface area contributed by atoms with E-state index in [1.165, 1.54) is 0 Å². The zero-order valence-electron chi connectivity index (χ0n) is 10.8. The second-order valence-corrected chi connectivity index (χ2v) is 5.12. The van der Waals surface area contributed by atoms with Crippen molar-refractivity contribution in [1.29, 1.82) is 0 Å². The molecule has 6 heteroatoms. The fourth-order valence-electron chi connectivity index (χ4n) is 2.25. The van der Waals surface area contributed by atoms with Crippen LogP contribution < -0.4 is 4.90 Å². The van der Waals surface area contributed by atoms with Crippen molar-refractivity contribution in [3.8, 4) is 0 Å². The number of hydrogen-bond donors (Lipinski definition) is 0. The van der Waals surface area contributed by atoms with Crippen LogP contribution in [0.25, 0.3) is 0 Å². The molecule has 1 fully saturated rings. The summed E-state index contributed by atoms with van der Waals surface area (Å²) in [5.74, 6) is 0. The molecule has 0 saturated carbocycles. The molecule has 1 aliphatic heterocycles. The third kappa shape index (κ3) is 3.25. The summed E-state index contributed by atoms with van der Waals surface area (Å²) in [7, 11) is 0. The smallest absolute Gasteiger partial charge is 0.292 e. The number of rotatable bonds is 4. The van der Waals surface area contributed by atoms with E-state index in [4.69, 9.17) is 4.74 Å². The Labute approximate surface area is 120 Å². The first-order valence-corrected chi connectivity index (χ1v) is 7.47. The van der Waals surface area contributed by atoms with Crippen molar-refractivity contribution in [2.24, 2.45) is 0 Å². The Morgan fingerprint density at radius 2 is 2.37 bits per heavy atom. The Morgan fingerprint density at radius 3 is 3.00 bits per heavy atom. The van der Waals surface area contributed by atoms with Gasteiger partial charge in [-0.25, -0.2) is 0 Å². The van der Waals surface area contributed by atoms with Gasteiger partial charge < -0.3 is 9.64 Å². The van der Waals surface area contributed by atoms with E-state index in [-0.39, 0.29) is 16.7 Å². The highest BCUT2D eigenvalue weighted by Crippen LogP contribution is 2.31. The maximum atomic E-state index is 11.2. The van der Waals surface area contributed by atoms with Crippen molar-refractivity contribution in [1.82, 2.24) is 0 Å². The number of nitrogens with zero attached hydrogens (tertiary/aromatic N) is 2. The maximum absolute atomic E-state index is 11.2. The highest BCUT2D eigenvalue weighted by Gasteiger charge is 2.25. The quantitative estimate of drug-likeness (QED) is 0.484. The van der Waals surface area contributed by atoms with Crippen LogP contribution in [0.3, 0.4) is 0 Å². The highest BCUT2D eigenvalue weighted by molar-refractivity contribution is 9.08. The van der Waals surface area contributed by atoms with Gasteiger partial charge in [-0.1, -0.05) is 28.9 Å². The van der Waals surface area contributed by atoms with E-state index in [0.717, 1.165) is 12.0 Å². The lowest BCUT2D eigenvalue weighted by Crippen LogP contribution is -2.42. The minimum absolute atomic E-state index is 0.157. The van der Waals surface area contributed by atoms with Crippen LogP contribution in [0.4, 0.5) is 11.4 Å². The number of anilines is 1. The lowest BCUT2D eigenvalue weighted by Gasteiger charge is -2.33. The SMILES string of the molecule is CCC1CN(c2ccc(CBr)cc2[N+](=O)[O-])CCO1. The molecule has 0 aliphatic carbocycles. The summed E-state index contributed by atoms with van der Waals surface area (Å²) in [4.78, 5) is 13.0. The van der Waals surface area contributed by atoms with E-state index in [1.807, 2.05) is 17.0 Å². The lowest BCUT2D eigenvalue weighted by molar-refractivity contribution is -0.384. The van der Waals surface area contributed by atoms with Gasteiger partial charge in [-0.2, -0.15) is 0 Å². The summed E-state index contributed by atoms with van der Waals surface area (Å²) in [6.45, 7) is 4.10. The van der Waals surface area contributed by atoms with Crippen LogP contribution in [0.1, 0.15) is 18.9 Å². The molecular formula is C13H17BrN2O3. The molecule has 0 spiro atoms. The number of alkyl halides is 1. The van der Waals surface area contributed by atoms with Crippen LogP contribution in [0.2, 0.25) is 0 Å². The molecule has 0 aromatic heterocycles. The van der Waals surface area contributed by atoms with E-state index >= 15 is 0 Å². The summed E-state index contributed by atoms with van der Waals surface area (Å²) in [6.07, 6.45) is 1.08. The zero-order valence-corrected chi connectivity index (χ0v) is 12.4. The number of hydrogen-bond acceptors (Lipinski definition) is 4. The van der Waals surface area contributed by atoms with Gasteiger partial charge in [0.1, 0.15) is 5.69 Å². The maximum Gasteiger partial charge on any atom is 0.292 e. The molecule has 1 heterocycles. The molecule has 1 saturated heterocycles. The van der Waals surface area contributed by atoms with Gasteiger partial charge >= 0.3 is 0 Å². The van der Waals surface area contributed by atoms with Crippen LogP contribution in [0.15, 0.2) is 18.2 Å². The minimum atomic E-state index is -0.308. The molecular weight excluding hydrogens is 312 g/mol. The molecule has 1 unspecified atom stereocenters. The van der Waals surface area contributed by atoms with E-state index < -0.39 is 0 Å². The normalized spacial score (nSPS) is 19.5. The van der Waals surface area contributed by atoms with Gasteiger partial charge in [0.15, 0.2) is 0 Å². The molecule has 1 atom stereocenters. The minimum Gasteiger partial charge on any atom is -0.375 e. The molecule has 19 heavy (non-hydrogen) atoms. The van der Waals surface area contributed by atoms with Gasteiger partial charge in [0.05, 0.1) is 17.6 Å². The van der Waals surface area contributed by atoms with Crippen LogP contribution in [-0.4, -0.2) is 30.7 Å². The largest absolute Gasteiger partial charge is 0.375 e. The Bertz CT molecular complexity index is 467. The predicted octanol–water partition coefficient (Wildman–Crippen LogP) is 3.10. The topological polar surface area (TPSA) is 55.6 Å². The van der Waals surface area contributed by atoms with Crippen molar-refractivity contribution in [3.63, 3.8) is 0 Å². The molecule has 1 aromatic rings. The van der Waals surface area contributed by atoms with Gasteiger partial charge in [-0.15, -0.1) is 0 Å². The summed E-state index contributed by atoms with van der Waals surface area (Å²) in [6, 6.07) is 5.40. The van der Waals surface area contributed by atoms with Gasteiger partial charge in [-0.05, 0) is 18.1 Å². The van der Waals surface area contributed by atoms with Crippen molar-refractivity contribution >= 4 is 27.3 Å². The summed E-state index contributed by atoms with van der Waals surface area (Å²) in [5.41, 5.74) is 1.78. The van der Waals surface area contributed by atoms with E-state index in [1.54, 1.807) is 6.07 Å². The molecule has 0 amide bonds. The standard InChI is InChI=1S/C13H17BrN2O3/c1-2-11-9-15(5-6-19-11)12-4-3-10(8-14)7-13(12)16(17)18/h3-4,7,11H,2,5-6,8-9H2,1H3. The number of ether oxygens (including phenoxy) is 1. The lowest BCUT2D eigenvalue weighted by atomic mass is 10.1. The molecule has 5 nitrogen and oxygen atoms in total. The first-order valence-electron chi connectivity index (χ1n) is 6.35. The van der Waals surface area contributed by atoms with Gasteiger partial charge in [0.2, 0.25) is 0 Å². The summed E-state index contributed by atoms with van der Waals surface area (Å²) >= 11 is 3.33. The van der Waals surface area contributed by atoms with Crippen molar-refractivity contribution in [2.75, 3.05) is 24.6 Å². The second kappa shape index (κ2) is 6.34. The Morgan fingerprint density at radius 1 is 1.58 bits per heavy atom. The molecule has 0 N–H and O–H groups in total. The third-order valence-corrected chi connectivity index (χ3v) is 3.97. The number of morpholine rings is 1. The third-order valence-electron chi connectivity index (χ3n) is 3.33.